The van der Waals surface area contributed by atoms with Gasteiger partial charge in [-0.05, 0) is 0 Å². The maximum absolute atomic E-state index is 10.6. The monoisotopic (exact) mass is 223 g/mol. The van der Waals surface area contributed by atoms with Gasteiger partial charge in [0.2, 0.25) is 0 Å². The lowest BCUT2D eigenvalue weighted by Gasteiger charge is -2.02. The molecule has 0 radical (unpaired) electrons. The molecule has 0 N–H and O–H groups in total. The van der Waals surface area contributed by atoms with E-state index in [0.29, 0.717) is 0 Å². The predicted molar refractivity (Wildman–Crippen MR) is 51.0 cm³/mol. The van der Waals surface area contributed by atoms with E-state index < -0.39 is 21.2 Å². The van der Waals surface area contributed by atoms with Crippen molar-refractivity contribution in [3.63, 3.8) is 0 Å². The van der Waals surface area contributed by atoms with E-state index in [1.807, 2.05) is 0 Å². The van der Waals surface area contributed by atoms with Crippen molar-refractivity contribution >= 4 is 11.4 Å². The van der Waals surface area contributed by atoms with Crippen LogP contribution < -0.4 is 4.74 Å². The molecule has 0 aliphatic rings. The standard InChI is InChI=1S/C8H5N3O5/c1-16-8-3-5(10(12)13)2-7(11(14)15)6(8)4-9/h2-3H,1H3. The molecule has 16 heavy (non-hydrogen) atoms. The van der Waals surface area contributed by atoms with Crippen LogP contribution in [0.2, 0.25) is 0 Å². The van der Waals surface area contributed by atoms with Gasteiger partial charge in [0.1, 0.15) is 6.07 Å². The molecule has 0 heterocycles. The Morgan fingerprint density at radius 1 is 1.31 bits per heavy atom. The van der Waals surface area contributed by atoms with E-state index in [4.69, 9.17) is 5.26 Å². The van der Waals surface area contributed by atoms with Crippen LogP contribution in [0.5, 0.6) is 5.75 Å². The van der Waals surface area contributed by atoms with Gasteiger partial charge >= 0.3 is 0 Å². The minimum atomic E-state index is -0.867. The van der Waals surface area contributed by atoms with Crippen LogP contribution in [0.4, 0.5) is 11.4 Å². The highest BCUT2D eigenvalue weighted by atomic mass is 16.6. The van der Waals surface area contributed by atoms with Crippen molar-refractivity contribution in [1.29, 1.82) is 5.26 Å². The Morgan fingerprint density at radius 2 is 1.94 bits per heavy atom. The molecular weight excluding hydrogens is 218 g/mol. The predicted octanol–water partition coefficient (Wildman–Crippen LogP) is 1.38. The fraction of sp³-hybridized carbons (Fsp3) is 0.125. The second-order valence-electron chi connectivity index (χ2n) is 2.67. The number of hydrogen-bond acceptors (Lipinski definition) is 6. The number of ether oxygens (including phenoxy) is 1. The van der Waals surface area contributed by atoms with Crippen LogP contribution in [0.1, 0.15) is 5.56 Å². The molecule has 0 saturated heterocycles. The molecule has 0 aromatic heterocycles. The van der Waals surface area contributed by atoms with E-state index in [1.54, 1.807) is 6.07 Å². The number of nitrogens with zero attached hydrogens (tertiary/aromatic N) is 3. The summed E-state index contributed by atoms with van der Waals surface area (Å²) in [4.78, 5) is 19.4. The molecular formula is C8H5N3O5. The minimum Gasteiger partial charge on any atom is -0.495 e. The van der Waals surface area contributed by atoms with Crippen LogP contribution >= 0.6 is 0 Å². The van der Waals surface area contributed by atoms with E-state index >= 15 is 0 Å². The van der Waals surface area contributed by atoms with Crippen molar-refractivity contribution in [2.75, 3.05) is 7.11 Å². The number of nitro benzene ring substituents is 2. The lowest BCUT2D eigenvalue weighted by atomic mass is 10.1. The molecule has 0 aliphatic carbocycles. The van der Waals surface area contributed by atoms with Gasteiger partial charge in [-0.25, -0.2) is 0 Å². The molecule has 1 aromatic rings. The first kappa shape index (κ1) is 11.4. The Hall–Kier alpha value is -2.69. The van der Waals surface area contributed by atoms with E-state index in [-0.39, 0.29) is 11.3 Å². The number of non-ortho nitro benzene ring substituents is 1. The molecule has 1 rings (SSSR count). The van der Waals surface area contributed by atoms with E-state index in [9.17, 15) is 20.2 Å². The highest BCUT2D eigenvalue weighted by molar-refractivity contribution is 5.62. The van der Waals surface area contributed by atoms with Gasteiger partial charge in [-0.3, -0.25) is 20.2 Å². The third-order valence-corrected chi connectivity index (χ3v) is 1.81. The number of nitro groups is 2. The molecule has 0 bridgehead atoms. The first-order chi connectivity index (χ1) is 7.51. The Labute approximate surface area is 89.0 Å². The van der Waals surface area contributed by atoms with Gasteiger partial charge in [-0.2, -0.15) is 5.26 Å². The highest BCUT2D eigenvalue weighted by Gasteiger charge is 2.24. The van der Waals surface area contributed by atoms with Crippen molar-refractivity contribution in [1.82, 2.24) is 0 Å². The summed E-state index contributed by atoms with van der Waals surface area (Å²) in [7, 11) is 1.17. The molecule has 82 valence electrons. The highest BCUT2D eigenvalue weighted by Crippen LogP contribution is 2.32. The third kappa shape index (κ3) is 1.88. The zero-order chi connectivity index (χ0) is 12.3. The van der Waals surface area contributed by atoms with Crippen LogP contribution in [0.3, 0.4) is 0 Å². The van der Waals surface area contributed by atoms with Gasteiger partial charge in [0.05, 0.1) is 29.1 Å². The summed E-state index contributed by atoms with van der Waals surface area (Å²) in [6.07, 6.45) is 0. The average molecular weight is 223 g/mol. The van der Waals surface area contributed by atoms with E-state index in [0.717, 1.165) is 12.1 Å². The number of methoxy groups -OCH3 is 1. The second-order valence-corrected chi connectivity index (χ2v) is 2.67. The largest absolute Gasteiger partial charge is 0.495 e. The quantitative estimate of drug-likeness (QED) is 0.563. The van der Waals surface area contributed by atoms with Crippen molar-refractivity contribution < 1.29 is 14.6 Å². The smallest absolute Gasteiger partial charge is 0.297 e. The van der Waals surface area contributed by atoms with Crippen LogP contribution in [-0.2, 0) is 0 Å². The van der Waals surface area contributed by atoms with Gasteiger partial charge in [-0.1, -0.05) is 0 Å². The first-order valence-electron chi connectivity index (χ1n) is 3.92. The molecule has 0 atom stereocenters. The molecule has 0 fully saturated rings. The maximum atomic E-state index is 10.6. The number of nitriles is 1. The van der Waals surface area contributed by atoms with Gasteiger partial charge in [0, 0.05) is 0 Å². The number of rotatable bonds is 3. The van der Waals surface area contributed by atoms with Crippen LogP contribution in [0.15, 0.2) is 12.1 Å². The molecule has 0 spiro atoms. The van der Waals surface area contributed by atoms with Crippen LogP contribution in [-0.4, -0.2) is 17.0 Å². The summed E-state index contributed by atoms with van der Waals surface area (Å²) in [6.45, 7) is 0. The first-order valence-corrected chi connectivity index (χ1v) is 3.92. The van der Waals surface area contributed by atoms with Gasteiger partial charge in [-0.15, -0.1) is 0 Å². The molecule has 0 saturated carbocycles. The summed E-state index contributed by atoms with van der Waals surface area (Å²) < 4.78 is 4.69. The molecule has 0 amide bonds. The summed E-state index contributed by atoms with van der Waals surface area (Å²) >= 11 is 0. The minimum absolute atomic E-state index is 0.191. The summed E-state index contributed by atoms with van der Waals surface area (Å²) in [5.41, 5.74) is -1.48. The lowest BCUT2D eigenvalue weighted by Crippen LogP contribution is -1.98. The Balaban J connectivity index is 3.57. The zero-order valence-corrected chi connectivity index (χ0v) is 8.04. The van der Waals surface area contributed by atoms with Crippen molar-refractivity contribution in [3.05, 3.63) is 37.9 Å². The van der Waals surface area contributed by atoms with E-state index in [1.165, 1.54) is 7.11 Å². The second kappa shape index (κ2) is 4.22. The molecule has 0 unspecified atom stereocenters. The van der Waals surface area contributed by atoms with Crippen LogP contribution in [0, 0.1) is 31.6 Å². The fourth-order valence-corrected chi connectivity index (χ4v) is 1.11. The Morgan fingerprint density at radius 3 is 2.31 bits per heavy atom. The SMILES string of the molecule is COc1cc([N+](=O)[O-])cc([N+](=O)[O-])c1C#N. The molecule has 0 aliphatic heterocycles. The molecule has 8 nitrogen and oxygen atoms in total. The van der Waals surface area contributed by atoms with Crippen molar-refractivity contribution in [3.8, 4) is 11.8 Å². The van der Waals surface area contributed by atoms with Gasteiger partial charge < -0.3 is 4.74 Å². The van der Waals surface area contributed by atoms with E-state index in [2.05, 4.69) is 4.74 Å². The maximum Gasteiger partial charge on any atom is 0.297 e. The summed E-state index contributed by atoms with van der Waals surface area (Å²) in [5.74, 6) is -0.191. The van der Waals surface area contributed by atoms with Gasteiger partial charge in [0.25, 0.3) is 11.4 Å². The summed E-state index contributed by atoms with van der Waals surface area (Å²) in [6, 6.07) is 3.26. The average Bonchev–Trinajstić information content (AvgIpc) is 2.26. The molecule has 1 aromatic carbocycles. The topological polar surface area (TPSA) is 119 Å². The lowest BCUT2D eigenvalue weighted by molar-refractivity contribution is -0.394. The van der Waals surface area contributed by atoms with Crippen molar-refractivity contribution in [2.24, 2.45) is 0 Å². The normalized spacial score (nSPS) is 9.25. The fourth-order valence-electron chi connectivity index (χ4n) is 1.11. The number of hydrogen-bond donors (Lipinski definition) is 0. The van der Waals surface area contributed by atoms with Crippen LogP contribution in [0.25, 0.3) is 0 Å². The third-order valence-electron chi connectivity index (χ3n) is 1.81. The Bertz CT molecular complexity index is 505. The van der Waals surface area contributed by atoms with Gasteiger partial charge in [0.15, 0.2) is 11.3 Å². The Kier molecular flexibility index (Phi) is 3.00. The van der Waals surface area contributed by atoms with Crippen molar-refractivity contribution in [2.45, 2.75) is 0 Å². The zero-order valence-electron chi connectivity index (χ0n) is 8.04. The molecule has 8 heteroatoms. The summed E-state index contributed by atoms with van der Waals surface area (Å²) in [5, 5.41) is 29.8. The number of benzene rings is 1.